The van der Waals surface area contributed by atoms with E-state index in [1.807, 2.05) is 0 Å². The van der Waals surface area contributed by atoms with Gasteiger partial charge in [-0.15, -0.1) is 10.2 Å². The summed E-state index contributed by atoms with van der Waals surface area (Å²) in [4.78, 5) is 28.8. The van der Waals surface area contributed by atoms with Crippen molar-refractivity contribution < 1.29 is 9.59 Å². The van der Waals surface area contributed by atoms with Crippen LogP contribution in [-0.4, -0.2) is 59.6 Å². The van der Waals surface area contributed by atoms with Crippen molar-refractivity contribution >= 4 is 51.5 Å². The monoisotopic (exact) mass is 481 g/mol. The number of halogens is 2. The van der Waals surface area contributed by atoms with Crippen LogP contribution in [0.4, 0.5) is 5.13 Å². The van der Waals surface area contributed by atoms with E-state index in [-0.39, 0.29) is 17.5 Å². The molecule has 2 aliphatic rings. The van der Waals surface area contributed by atoms with Crippen LogP contribution in [0.2, 0.25) is 10.0 Å². The standard InChI is InChI=1S/C21H25Cl2N5O2S/c22-15-6-7-16(17(23)12-15)19(30)24-13-18(29)27-8-10-28(11-9-27)21-26-25-20(31-21)14-4-2-1-3-5-14/h6-7,12,14H,1-5,8-11,13H2,(H,24,30). The van der Waals surface area contributed by atoms with Gasteiger partial charge in [-0.05, 0) is 31.0 Å². The highest BCUT2D eigenvalue weighted by molar-refractivity contribution is 7.15. The van der Waals surface area contributed by atoms with Gasteiger partial charge in [-0.2, -0.15) is 0 Å². The zero-order valence-corrected chi connectivity index (χ0v) is 19.5. The minimum absolute atomic E-state index is 0.0670. The maximum atomic E-state index is 12.5. The van der Waals surface area contributed by atoms with Gasteiger partial charge in [-0.25, -0.2) is 0 Å². The molecule has 0 spiro atoms. The number of rotatable bonds is 5. The fourth-order valence-electron chi connectivity index (χ4n) is 4.05. The summed E-state index contributed by atoms with van der Waals surface area (Å²) in [5.41, 5.74) is 0.300. The number of aromatic nitrogens is 2. The van der Waals surface area contributed by atoms with Crippen LogP contribution in [0, 0.1) is 0 Å². The lowest BCUT2D eigenvalue weighted by molar-refractivity contribution is -0.130. The number of anilines is 1. The molecule has 1 aromatic heterocycles. The SMILES string of the molecule is O=C(NCC(=O)N1CCN(c2nnc(C3CCCCC3)s2)CC1)c1ccc(Cl)cc1Cl. The quantitative estimate of drug-likeness (QED) is 0.698. The van der Waals surface area contributed by atoms with E-state index in [1.165, 1.54) is 38.2 Å². The van der Waals surface area contributed by atoms with E-state index in [9.17, 15) is 9.59 Å². The van der Waals surface area contributed by atoms with Crippen molar-refractivity contribution in [1.82, 2.24) is 20.4 Å². The molecule has 1 saturated heterocycles. The van der Waals surface area contributed by atoms with Crippen LogP contribution in [0.5, 0.6) is 0 Å². The Balaban J connectivity index is 1.25. The molecule has 0 radical (unpaired) electrons. The second-order valence-corrected chi connectivity index (χ2v) is 9.76. The van der Waals surface area contributed by atoms with Crippen molar-refractivity contribution in [3.8, 4) is 0 Å². The Kier molecular flexibility index (Phi) is 7.30. The zero-order chi connectivity index (χ0) is 21.8. The van der Waals surface area contributed by atoms with E-state index in [2.05, 4.69) is 20.4 Å². The molecule has 7 nitrogen and oxygen atoms in total. The van der Waals surface area contributed by atoms with E-state index >= 15 is 0 Å². The number of benzene rings is 1. The number of nitrogens with one attached hydrogen (secondary N) is 1. The minimum atomic E-state index is -0.391. The highest BCUT2D eigenvalue weighted by Gasteiger charge is 2.26. The molecular weight excluding hydrogens is 457 g/mol. The molecule has 31 heavy (non-hydrogen) atoms. The first-order valence-electron chi connectivity index (χ1n) is 10.6. The number of piperazine rings is 1. The first kappa shape index (κ1) is 22.3. The van der Waals surface area contributed by atoms with Crippen molar-refractivity contribution in [2.75, 3.05) is 37.6 Å². The molecule has 2 heterocycles. The number of carbonyl (C=O) groups is 2. The Hall–Kier alpha value is -1.90. The molecule has 1 aromatic carbocycles. The maximum Gasteiger partial charge on any atom is 0.253 e. The van der Waals surface area contributed by atoms with E-state index in [1.54, 1.807) is 28.4 Å². The summed E-state index contributed by atoms with van der Waals surface area (Å²) in [5.74, 6) is 0.0524. The summed E-state index contributed by atoms with van der Waals surface area (Å²) >= 11 is 13.6. The van der Waals surface area contributed by atoms with Gasteiger partial charge in [0.05, 0.1) is 17.1 Å². The molecule has 10 heteroatoms. The smallest absolute Gasteiger partial charge is 0.253 e. The molecule has 1 saturated carbocycles. The average molecular weight is 482 g/mol. The second kappa shape index (κ2) is 10.1. The van der Waals surface area contributed by atoms with Gasteiger partial charge in [0.15, 0.2) is 0 Å². The predicted octanol–water partition coefficient (Wildman–Crippen LogP) is 3.97. The van der Waals surface area contributed by atoms with Gasteiger partial charge < -0.3 is 15.1 Å². The third-order valence-electron chi connectivity index (χ3n) is 5.86. The third kappa shape index (κ3) is 5.48. The summed E-state index contributed by atoms with van der Waals surface area (Å²) < 4.78 is 0. The van der Waals surface area contributed by atoms with Crippen LogP contribution < -0.4 is 10.2 Å². The van der Waals surface area contributed by atoms with E-state index in [4.69, 9.17) is 23.2 Å². The van der Waals surface area contributed by atoms with Gasteiger partial charge in [0.1, 0.15) is 5.01 Å². The number of amides is 2. The Morgan fingerprint density at radius 1 is 1.06 bits per heavy atom. The average Bonchev–Trinajstić information content (AvgIpc) is 3.28. The number of nitrogens with zero attached hydrogens (tertiary/aromatic N) is 4. The van der Waals surface area contributed by atoms with Crippen molar-refractivity contribution in [3.05, 3.63) is 38.8 Å². The number of hydrogen-bond donors (Lipinski definition) is 1. The van der Waals surface area contributed by atoms with Crippen molar-refractivity contribution in [3.63, 3.8) is 0 Å². The van der Waals surface area contributed by atoms with Crippen molar-refractivity contribution in [1.29, 1.82) is 0 Å². The Labute approximate surface area is 195 Å². The van der Waals surface area contributed by atoms with Crippen molar-refractivity contribution in [2.24, 2.45) is 0 Å². The van der Waals surface area contributed by atoms with Crippen molar-refractivity contribution in [2.45, 2.75) is 38.0 Å². The minimum Gasteiger partial charge on any atom is -0.343 e. The summed E-state index contributed by atoms with van der Waals surface area (Å²) in [5, 5.41) is 14.3. The zero-order valence-electron chi connectivity index (χ0n) is 17.1. The highest BCUT2D eigenvalue weighted by atomic mass is 35.5. The fraction of sp³-hybridized carbons (Fsp3) is 0.524. The van der Waals surface area contributed by atoms with Crippen LogP contribution >= 0.6 is 34.5 Å². The van der Waals surface area contributed by atoms with Gasteiger partial charge in [0.25, 0.3) is 5.91 Å². The lowest BCUT2D eigenvalue weighted by Gasteiger charge is -2.34. The van der Waals surface area contributed by atoms with Gasteiger partial charge in [0, 0.05) is 37.1 Å². The molecular formula is C21H25Cl2N5O2S. The summed E-state index contributed by atoms with van der Waals surface area (Å²) in [6.45, 7) is 2.54. The molecule has 0 atom stereocenters. The molecule has 0 bridgehead atoms. The van der Waals surface area contributed by atoms with Crippen LogP contribution in [0.15, 0.2) is 18.2 Å². The van der Waals surface area contributed by atoms with Gasteiger partial charge in [0.2, 0.25) is 11.0 Å². The van der Waals surface area contributed by atoms with E-state index < -0.39 is 5.91 Å². The summed E-state index contributed by atoms with van der Waals surface area (Å²) in [7, 11) is 0. The first-order valence-corrected chi connectivity index (χ1v) is 12.2. The lowest BCUT2D eigenvalue weighted by Crippen LogP contribution is -2.51. The first-order chi connectivity index (χ1) is 15.0. The van der Waals surface area contributed by atoms with Gasteiger partial charge in [-0.1, -0.05) is 53.8 Å². The molecule has 2 fully saturated rings. The number of hydrogen-bond acceptors (Lipinski definition) is 6. The summed E-state index contributed by atoms with van der Waals surface area (Å²) in [6, 6.07) is 4.65. The third-order valence-corrected chi connectivity index (χ3v) is 7.56. The highest BCUT2D eigenvalue weighted by Crippen LogP contribution is 2.36. The van der Waals surface area contributed by atoms with E-state index in [0.29, 0.717) is 42.7 Å². The summed E-state index contributed by atoms with van der Waals surface area (Å²) in [6.07, 6.45) is 6.31. The molecule has 2 aromatic rings. The topological polar surface area (TPSA) is 78.4 Å². The fourth-order valence-corrected chi connectivity index (χ4v) is 5.61. The molecule has 1 N–H and O–H groups in total. The number of carbonyl (C=O) groups excluding carboxylic acids is 2. The molecule has 4 rings (SSSR count). The molecule has 1 aliphatic heterocycles. The second-order valence-electron chi connectivity index (χ2n) is 7.93. The molecule has 2 amide bonds. The van der Waals surface area contributed by atoms with Crippen LogP contribution in [0.1, 0.15) is 53.4 Å². The normalized spacial score (nSPS) is 17.6. The van der Waals surface area contributed by atoms with Crippen LogP contribution in [0.25, 0.3) is 0 Å². The predicted molar refractivity (Wildman–Crippen MR) is 123 cm³/mol. The Bertz CT molecular complexity index is 940. The van der Waals surface area contributed by atoms with Gasteiger partial charge >= 0.3 is 0 Å². The lowest BCUT2D eigenvalue weighted by atomic mass is 9.90. The van der Waals surface area contributed by atoms with E-state index in [0.717, 1.165) is 10.1 Å². The molecule has 166 valence electrons. The van der Waals surface area contributed by atoms with Gasteiger partial charge in [-0.3, -0.25) is 9.59 Å². The Morgan fingerprint density at radius 3 is 2.52 bits per heavy atom. The molecule has 0 unspecified atom stereocenters. The maximum absolute atomic E-state index is 12.5. The Morgan fingerprint density at radius 2 is 1.81 bits per heavy atom. The molecule has 1 aliphatic carbocycles. The van der Waals surface area contributed by atoms with Crippen LogP contribution in [0.3, 0.4) is 0 Å². The largest absolute Gasteiger partial charge is 0.343 e. The van der Waals surface area contributed by atoms with Crippen LogP contribution in [-0.2, 0) is 4.79 Å².